The smallest absolute Gasteiger partial charge is 0.308 e. The highest BCUT2D eigenvalue weighted by atomic mass is 16.5. The molecule has 24 heavy (non-hydrogen) atoms. The van der Waals surface area contributed by atoms with Crippen molar-refractivity contribution in [1.29, 1.82) is 0 Å². The standard InChI is InChI=1S/C21H28O3/c1-14-8-9-16(24-15(2)22)6-4-5-7-18-17(14)12-13-21(3)19(18)10-11-20(21)23/h6,8-9,17-19H,1,4-5,7,10-13H2,2-3H3/b9-8-,16-6+/t17?,18?,19?,21-/m0/s1. The van der Waals surface area contributed by atoms with E-state index in [2.05, 4.69) is 13.5 Å². The molecule has 0 amide bonds. The first kappa shape index (κ1) is 17.2. The number of carbonyl (C=O) groups excluding carboxylic acids is 2. The van der Waals surface area contributed by atoms with Gasteiger partial charge in [0.15, 0.2) is 0 Å². The van der Waals surface area contributed by atoms with Gasteiger partial charge in [0.25, 0.3) is 0 Å². The highest BCUT2D eigenvalue weighted by molar-refractivity contribution is 5.87. The second-order valence-electron chi connectivity index (χ2n) is 7.83. The molecule has 3 nitrogen and oxygen atoms in total. The molecule has 3 aliphatic carbocycles. The number of rotatable bonds is 1. The van der Waals surface area contributed by atoms with Gasteiger partial charge in [0, 0.05) is 18.8 Å². The van der Waals surface area contributed by atoms with Gasteiger partial charge in [-0.05, 0) is 68.4 Å². The fourth-order valence-corrected chi connectivity index (χ4v) is 5.14. The molecule has 2 fully saturated rings. The molecule has 3 rings (SSSR count). The fraction of sp³-hybridized carbons (Fsp3) is 0.619. The van der Waals surface area contributed by atoms with Crippen LogP contribution in [0.4, 0.5) is 0 Å². The summed E-state index contributed by atoms with van der Waals surface area (Å²) in [6, 6.07) is 0. The predicted molar refractivity (Wildman–Crippen MR) is 94.0 cm³/mol. The van der Waals surface area contributed by atoms with E-state index in [0.29, 0.717) is 29.3 Å². The molecule has 0 spiro atoms. The van der Waals surface area contributed by atoms with Gasteiger partial charge in [-0.3, -0.25) is 9.59 Å². The summed E-state index contributed by atoms with van der Waals surface area (Å²) in [6.07, 6.45) is 12.8. The van der Waals surface area contributed by atoms with Gasteiger partial charge < -0.3 is 4.74 Å². The summed E-state index contributed by atoms with van der Waals surface area (Å²) < 4.78 is 5.26. The second-order valence-corrected chi connectivity index (χ2v) is 7.83. The van der Waals surface area contributed by atoms with Crippen molar-refractivity contribution in [2.24, 2.45) is 23.2 Å². The van der Waals surface area contributed by atoms with E-state index >= 15 is 0 Å². The molecule has 0 aromatic carbocycles. The Balaban J connectivity index is 1.83. The molecular weight excluding hydrogens is 300 g/mol. The normalized spacial score (nSPS) is 40.1. The van der Waals surface area contributed by atoms with Crippen LogP contribution in [-0.4, -0.2) is 11.8 Å². The molecule has 2 saturated carbocycles. The largest absolute Gasteiger partial charge is 0.427 e. The van der Waals surface area contributed by atoms with E-state index in [-0.39, 0.29) is 11.4 Å². The average molecular weight is 328 g/mol. The Morgan fingerprint density at radius 3 is 2.83 bits per heavy atom. The van der Waals surface area contributed by atoms with Gasteiger partial charge in [-0.1, -0.05) is 25.2 Å². The third-order valence-electron chi connectivity index (χ3n) is 6.43. The minimum absolute atomic E-state index is 0.103. The Morgan fingerprint density at radius 1 is 1.29 bits per heavy atom. The highest BCUT2D eigenvalue weighted by Gasteiger charge is 2.53. The number of hydrogen-bond acceptors (Lipinski definition) is 3. The molecule has 3 unspecified atom stereocenters. The molecule has 0 aromatic heterocycles. The van der Waals surface area contributed by atoms with E-state index in [1.54, 1.807) is 0 Å². The molecule has 4 atom stereocenters. The molecule has 3 aliphatic rings. The zero-order valence-electron chi connectivity index (χ0n) is 14.8. The van der Waals surface area contributed by atoms with Gasteiger partial charge in [0.05, 0.1) is 0 Å². The van der Waals surface area contributed by atoms with Crippen LogP contribution in [0, 0.1) is 23.2 Å². The Morgan fingerprint density at radius 2 is 2.08 bits per heavy atom. The molecule has 130 valence electrons. The lowest BCUT2D eigenvalue weighted by atomic mass is 9.57. The lowest BCUT2D eigenvalue weighted by Gasteiger charge is -2.46. The summed E-state index contributed by atoms with van der Waals surface area (Å²) in [5.41, 5.74) is 1.01. The molecule has 0 N–H and O–H groups in total. The van der Waals surface area contributed by atoms with Crippen molar-refractivity contribution in [1.82, 2.24) is 0 Å². The molecule has 0 aliphatic heterocycles. The molecule has 0 bridgehead atoms. The molecular formula is C21H28O3. The first-order chi connectivity index (χ1) is 11.4. The Labute approximate surface area is 144 Å². The third-order valence-corrected chi connectivity index (χ3v) is 6.43. The number of fused-ring (bicyclic) bond motifs is 3. The van der Waals surface area contributed by atoms with Gasteiger partial charge in [0.2, 0.25) is 0 Å². The zero-order chi connectivity index (χ0) is 17.3. The van der Waals surface area contributed by atoms with Crippen LogP contribution in [-0.2, 0) is 14.3 Å². The fourth-order valence-electron chi connectivity index (χ4n) is 5.14. The lowest BCUT2D eigenvalue weighted by Crippen LogP contribution is -2.42. The van der Waals surface area contributed by atoms with Crippen LogP contribution in [0.5, 0.6) is 0 Å². The van der Waals surface area contributed by atoms with Crippen LogP contribution in [0.1, 0.15) is 58.8 Å². The van der Waals surface area contributed by atoms with E-state index in [4.69, 9.17) is 4.74 Å². The first-order valence-corrected chi connectivity index (χ1v) is 9.20. The summed E-state index contributed by atoms with van der Waals surface area (Å²) in [5, 5.41) is 0. The second kappa shape index (κ2) is 6.70. The van der Waals surface area contributed by atoms with Crippen LogP contribution in [0.3, 0.4) is 0 Å². The monoisotopic (exact) mass is 328 g/mol. The third kappa shape index (κ3) is 3.13. The molecule has 0 radical (unpaired) electrons. The SMILES string of the molecule is C=C1/C=C\C(OC(C)=O)=C/CCCC2C1CC[C@]1(C)C(=O)CCC21. The minimum atomic E-state index is -0.288. The Bertz CT molecular complexity index is 613. The van der Waals surface area contributed by atoms with Gasteiger partial charge in [-0.2, -0.15) is 0 Å². The number of esters is 1. The topological polar surface area (TPSA) is 43.4 Å². The maximum absolute atomic E-state index is 12.4. The lowest BCUT2D eigenvalue weighted by molar-refractivity contribution is -0.136. The maximum Gasteiger partial charge on any atom is 0.308 e. The van der Waals surface area contributed by atoms with E-state index in [9.17, 15) is 9.59 Å². The number of allylic oxidation sites excluding steroid dienone is 4. The Hall–Kier alpha value is -1.64. The van der Waals surface area contributed by atoms with E-state index in [1.165, 1.54) is 6.92 Å². The molecule has 0 aromatic rings. The van der Waals surface area contributed by atoms with Crippen molar-refractivity contribution in [2.75, 3.05) is 0 Å². The predicted octanol–water partition coefficient (Wildman–Crippen LogP) is 4.74. The van der Waals surface area contributed by atoms with Crippen LogP contribution >= 0.6 is 0 Å². The van der Waals surface area contributed by atoms with Crippen molar-refractivity contribution in [3.63, 3.8) is 0 Å². The summed E-state index contributed by atoms with van der Waals surface area (Å²) in [4.78, 5) is 23.6. The molecule has 3 heteroatoms. The summed E-state index contributed by atoms with van der Waals surface area (Å²) in [7, 11) is 0. The van der Waals surface area contributed by atoms with Gasteiger partial charge in [-0.15, -0.1) is 0 Å². The van der Waals surface area contributed by atoms with Crippen LogP contribution in [0.15, 0.2) is 36.1 Å². The molecule has 0 heterocycles. The Kier molecular flexibility index (Phi) is 4.80. The van der Waals surface area contributed by atoms with Crippen molar-refractivity contribution < 1.29 is 14.3 Å². The van der Waals surface area contributed by atoms with E-state index in [1.807, 2.05) is 18.2 Å². The van der Waals surface area contributed by atoms with E-state index < -0.39 is 0 Å². The quantitative estimate of drug-likeness (QED) is 0.653. The van der Waals surface area contributed by atoms with Crippen LogP contribution < -0.4 is 0 Å². The number of hydrogen-bond donors (Lipinski definition) is 0. The first-order valence-electron chi connectivity index (χ1n) is 9.20. The summed E-state index contributed by atoms with van der Waals surface area (Å²) >= 11 is 0. The van der Waals surface area contributed by atoms with Gasteiger partial charge in [0.1, 0.15) is 11.5 Å². The minimum Gasteiger partial charge on any atom is -0.427 e. The van der Waals surface area contributed by atoms with Crippen molar-refractivity contribution >= 4 is 11.8 Å². The number of carbonyl (C=O) groups is 2. The van der Waals surface area contributed by atoms with Crippen molar-refractivity contribution in [2.45, 2.75) is 58.8 Å². The van der Waals surface area contributed by atoms with Gasteiger partial charge in [-0.25, -0.2) is 0 Å². The average Bonchev–Trinajstić information content (AvgIpc) is 2.83. The van der Waals surface area contributed by atoms with Crippen LogP contribution in [0.2, 0.25) is 0 Å². The summed E-state index contributed by atoms with van der Waals surface area (Å²) in [6.45, 7) is 7.92. The molecule has 0 saturated heterocycles. The number of Topliss-reactive ketones (excluding diaryl/α,β-unsaturated/α-hetero) is 1. The zero-order valence-corrected chi connectivity index (χ0v) is 14.8. The van der Waals surface area contributed by atoms with Crippen molar-refractivity contribution in [3.8, 4) is 0 Å². The number of ether oxygens (including phenoxy) is 1. The summed E-state index contributed by atoms with van der Waals surface area (Å²) in [5.74, 6) is 2.31. The highest BCUT2D eigenvalue weighted by Crippen LogP contribution is 2.56. The van der Waals surface area contributed by atoms with Crippen LogP contribution in [0.25, 0.3) is 0 Å². The van der Waals surface area contributed by atoms with Gasteiger partial charge >= 0.3 is 5.97 Å². The van der Waals surface area contributed by atoms with E-state index in [0.717, 1.165) is 50.5 Å². The van der Waals surface area contributed by atoms with Crippen molar-refractivity contribution in [3.05, 3.63) is 36.1 Å². The number of ketones is 1. The maximum atomic E-state index is 12.4.